The lowest BCUT2D eigenvalue weighted by atomic mass is 9.44. The van der Waals surface area contributed by atoms with Gasteiger partial charge in [-0.05, 0) is 56.3 Å². The Morgan fingerprint density at radius 1 is 1.24 bits per heavy atom. The van der Waals surface area contributed by atoms with Gasteiger partial charge in [0, 0.05) is 16.7 Å². The number of ether oxygens (including phenoxy) is 2. The lowest BCUT2D eigenvalue weighted by Gasteiger charge is -2.63. The summed E-state index contributed by atoms with van der Waals surface area (Å²) >= 11 is 0. The Bertz CT molecular complexity index is 1020. The summed E-state index contributed by atoms with van der Waals surface area (Å²) in [4.78, 5) is 37.1. The summed E-state index contributed by atoms with van der Waals surface area (Å²) < 4.78 is 44.8. The molecule has 1 heterocycles. The first kappa shape index (κ1) is 23.8. The number of ketones is 2. The zero-order valence-electron chi connectivity index (χ0n) is 19.4. The number of hydrogen-bond donors (Lipinski definition) is 2. The number of rotatable bonds is 4. The molecule has 9 heteroatoms. The number of carboxylic acid groups (broad SMARTS) is 1. The summed E-state index contributed by atoms with van der Waals surface area (Å²) in [6.45, 7) is 5.03. The molecule has 7 nitrogen and oxygen atoms in total. The quantitative estimate of drug-likeness (QED) is 0.596. The van der Waals surface area contributed by atoms with E-state index in [1.165, 1.54) is 19.1 Å². The Hall–Kier alpha value is -1.97. The number of carboxylic acids is 1. The number of carbonyl (C=O) groups is 3. The van der Waals surface area contributed by atoms with Crippen LogP contribution < -0.4 is 0 Å². The first-order valence-electron chi connectivity index (χ1n) is 11.9. The zero-order valence-corrected chi connectivity index (χ0v) is 19.4. The predicted octanol–water partition coefficient (Wildman–Crippen LogP) is 2.85. The molecule has 0 bridgehead atoms. The molecule has 2 N–H and O–H groups in total. The van der Waals surface area contributed by atoms with Gasteiger partial charge in [-0.1, -0.05) is 26.3 Å². The molecule has 34 heavy (non-hydrogen) atoms. The van der Waals surface area contributed by atoms with Crippen LogP contribution in [0.3, 0.4) is 0 Å². The topological polar surface area (TPSA) is 110 Å². The van der Waals surface area contributed by atoms with Crippen LogP contribution in [0.4, 0.5) is 8.78 Å². The van der Waals surface area contributed by atoms with E-state index in [1.54, 1.807) is 6.92 Å². The van der Waals surface area contributed by atoms with Crippen molar-refractivity contribution in [2.45, 2.75) is 88.8 Å². The fraction of sp³-hybridized carbons (Fsp3) is 0.720. The molecule has 5 rings (SSSR count). The fourth-order valence-electron chi connectivity index (χ4n) is 7.94. The lowest BCUT2D eigenvalue weighted by molar-refractivity contribution is -0.234. The number of allylic oxidation sites excluding steroid dienone is 4. The Balaban J connectivity index is 1.64. The number of fused-ring (bicyclic) bond motifs is 7. The van der Waals surface area contributed by atoms with Crippen molar-refractivity contribution in [2.24, 2.45) is 22.7 Å². The van der Waals surface area contributed by atoms with E-state index in [0.29, 0.717) is 12.8 Å². The van der Waals surface area contributed by atoms with Crippen molar-refractivity contribution in [3.8, 4) is 0 Å². The highest BCUT2D eigenvalue weighted by molar-refractivity contribution is 6.36. The first-order chi connectivity index (χ1) is 15.9. The maximum absolute atomic E-state index is 17.2. The molecule has 0 amide bonds. The van der Waals surface area contributed by atoms with Gasteiger partial charge < -0.3 is 19.7 Å². The van der Waals surface area contributed by atoms with Gasteiger partial charge in [-0.3, -0.25) is 9.59 Å². The highest BCUT2D eigenvalue weighted by Crippen LogP contribution is 2.72. The standard InChI is InChI=1S/C25H30F2O7/c1-4-5-19-33-18-10-13-14-9-16(26)15-8-12(28)6-7-22(15,2)24(14,27)17(29)11-23(13,3)25(18,34-19)20(30)21(31)32/h6-8,13-14,16-19,29H,4-5,9-11H2,1-3H3,(H,31,32)/t13-,14-,16-,17+,18+,19?,22-,23-,24-,25-/m0/s1. The Labute approximate surface area is 196 Å². The van der Waals surface area contributed by atoms with Crippen molar-refractivity contribution < 1.29 is 42.9 Å². The lowest BCUT2D eigenvalue weighted by Crippen LogP contribution is -2.71. The van der Waals surface area contributed by atoms with Gasteiger partial charge in [0.05, 0.1) is 12.2 Å². The minimum absolute atomic E-state index is 0.00595. The molecule has 10 atom stereocenters. The molecule has 186 valence electrons. The predicted molar refractivity (Wildman–Crippen MR) is 114 cm³/mol. The molecule has 4 aliphatic carbocycles. The van der Waals surface area contributed by atoms with Gasteiger partial charge in [-0.25, -0.2) is 13.6 Å². The largest absolute Gasteiger partial charge is 0.475 e. The maximum atomic E-state index is 17.2. The van der Waals surface area contributed by atoms with Gasteiger partial charge >= 0.3 is 5.97 Å². The van der Waals surface area contributed by atoms with E-state index in [1.807, 2.05) is 6.92 Å². The molecular formula is C25H30F2O7. The average molecular weight is 481 g/mol. The van der Waals surface area contributed by atoms with E-state index in [-0.39, 0.29) is 24.8 Å². The monoisotopic (exact) mass is 480 g/mol. The van der Waals surface area contributed by atoms with Crippen LogP contribution in [0.2, 0.25) is 0 Å². The number of hydrogen-bond acceptors (Lipinski definition) is 6. The summed E-state index contributed by atoms with van der Waals surface area (Å²) in [5.74, 6) is -5.02. The van der Waals surface area contributed by atoms with E-state index in [4.69, 9.17) is 9.47 Å². The summed E-state index contributed by atoms with van der Waals surface area (Å²) in [5, 5.41) is 21.0. The van der Waals surface area contributed by atoms with Gasteiger partial charge in [0.2, 0.25) is 0 Å². The molecule has 3 saturated carbocycles. The highest BCUT2D eigenvalue weighted by atomic mass is 19.1. The average Bonchev–Trinajstić information content (AvgIpc) is 3.24. The summed E-state index contributed by atoms with van der Waals surface area (Å²) in [6.07, 6.45) is -0.664. The van der Waals surface area contributed by atoms with Crippen LogP contribution in [0.25, 0.3) is 0 Å². The first-order valence-corrected chi connectivity index (χ1v) is 11.9. The summed E-state index contributed by atoms with van der Waals surface area (Å²) in [7, 11) is 0. The third kappa shape index (κ3) is 2.58. The third-order valence-corrected chi connectivity index (χ3v) is 9.48. The van der Waals surface area contributed by atoms with Crippen LogP contribution >= 0.6 is 0 Å². The Morgan fingerprint density at radius 3 is 2.59 bits per heavy atom. The molecule has 0 radical (unpaired) electrons. The Morgan fingerprint density at radius 2 is 1.94 bits per heavy atom. The van der Waals surface area contributed by atoms with Crippen molar-refractivity contribution in [3.63, 3.8) is 0 Å². The van der Waals surface area contributed by atoms with Gasteiger partial charge in [-0.2, -0.15) is 0 Å². The molecule has 1 saturated heterocycles. The molecule has 0 spiro atoms. The van der Waals surface area contributed by atoms with E-state index >= 15 is 8.78 Å². The zero-order chi connectivity index (χ0) is 24.8. The number of aliphatic carboxylic acids is 1. The number of aliphatic hydroxyl groups is 1. The van der Waals surface area contributed by atoms with Crippen molar-refractivity contribution in [1.29, 1.82) is 0 Å². The van der Waals surface area contributed by atoms with Crippen molar-refractivity contribution in [3.05, 3.63) is 23.8 Å². The van der Waals surface area contributed by atoms with Crippen LogP contribution in [0.15, 0.2) is 23.8 Å². The van der Waals surface area contributed by atoms with Gasteiger partial charge in [0.1, 0.15) is 6.17 Å². The number of alkyl halides is 2. The van der Waals surface area contributed by atoms with E-state index < -0.39 is 76.1 Å². The molecule has 1 aliphatic heterocycles. The van der Waals surface area contributed by atoms with Gasteiger partial charge in [0.25, 0.3) is 5.78 Å². The SMILES string of the molecule is CCCC1O[C@@H]2C[C@H]3[C@@H]4C[C@H](F)C5=CC(=O)C=C[C@]5(C)[C@@]4(F)[C@H](O)C[C@]3(C)[C@]2(C(=O)C(=O)O)O1. The number of halogens is 2. The summed E-state index contributed by atoms with van der Waals surface area (Å²) in [5.41, 5.74) is -7.06. The van der Waals surface area contributed by atoms with Gasteiger partial charge in [-0.15, -0.1) is 0 Å². The second-order valence-electron chi connectivity index (χ2n) is 10.9. The molecule has 1 unspecified atom stereocenters. The molecule has 0 aromatic carbocycles. The number of aliphatic hydroxyl groups excluding tert-OH is 1. The van der Waals surface area contributed by atoms with Crippen molar-refractivity contribution in [1.82, 2.24) is 0 Å². The van der Waals surface area contributed by atoms with Crippen molar-refractivity contribution >= 4 is 17.5 Å². The molecule has 5 aliphatic rings. The Kier molecular flexibility index (Phi) is 5.08. The normalized spacial score (nSPS) is 51.2. The molecule has 4 fully saturated rings. The molecule has 0 aromatic rings. The van der Waals surface area contributed by atoms with Crippen LogP contribution in [-0.4, -0.2) is 63.7 Å². The van der Waals surface area contributed by atoms with E-state index in [0.717, 1.165) is 6.08 Å². The highest BCUT2D eigenvalue weighted by Gasteiger charge is 2.80. The van der Waals surface area contributed by atoms with Crippen LogP contribution in [0.1, 0.15) is 52.9 Å². The second kappa shape index (κ2) is 7.27. The van der Waals surface area contributed by atoms with Gasteiger partial charge in [0.15, 0.2) is 23.3 Å². The van der Waals surface area contributed by atoms with Crippen molar-refractivity contribution in [2.75, 3.05) is 0 Å². The maximum Gasteiger partial charge on any atom is 0.375 e. The minimum atomic E-state index is -2.32. The fourth-order valence-corrected chi connectivity index (χ4v) is 7.94. The second-order valence-corrected chi connectivity index (χ2v) is 10.9. The molecular weight excluding hydrogens is 450 g/mol. The van der Waals surface area contributed by atoms with E-state index in [2.05, 4.69) is 0 Å². The van der Waals surface area contributed by atoms with E-state index in [9.17, 15) is 24.6 Å². The van der Waals surface area contributed by atoms with Crippen LogP contribution in [0.5, 0.6) is 0 Å². The van der Waals surface area contributed by atoms with Crippen LogP contribution in [-0.2, 0) is 23.9 Å². The third-order valence-electron chi connectivity index (χ3n) is 9.48. The summed E-state index contributed by atoms with van der Waals surface area (Å²) in [6, 6.07) is 0. The smallest absolute Gasteiger partial charge is 0.375 e. The number of Topliss-reactive ketones (excluding diaryl/α,β-unsaturated/α-hetero) is 1. The molecule has 0 aromatic heterocycles. The van der Waals surface area contributed by atoms with Crippen LogP contribution in [0, 0.1) is 22.7 Å². The number of carbonyl (C=O) groups excluding carboxylic acids is 2. The minimum Gasteiger partial charge on any atom is -0.475 e.